The maximum Gasteiger partial charge on any atom is 0.225 e. The second-order valence-electron chi connectivity index (χ2n) is 4.82. The predicted octanol–water partition coefficient (Wildman–Crippen LogP) is 1.21. The molecule has 2 rings (SSSR count). The number of nitrogens with one attached hydrogen (secondary N) is 1. The first kappa shape index (κ1) is 12.9. The van der Waals surface area contributed by atoms with Gasteiger partial charge in [0.1, 0.15) is 5.75 Å². The van der Waals surface area contributed by atoms with Crippen LogP contribution >= 0.6 is 0 Å². The molecule has 2 atom stereocenters. The summed E-state index contributed by atoms with van der Waals surface area (Å²) in [6.07, 6.45) is 2.63. The fourth-order valence-corrected chi connectivity index (χ4v) is 2.42. The van der Waals surface area contributed by atoms with Gasteiger partial charge < -0.3 is 15.5 Å². The van der Waals surface area contributed by atoms with Gasteiger partial charge in [0.25, 0.3) is 0 Å². The molecule has 98 valence electrons. The number of aromatic hydroxyl groups is 1. The summed E-state index contributed by atoms with van der Waals surface area (Å²) < 4.78 is 0. The summed E-state index contributed by atoms with van der Waals surface area (Å²) in [6, 6.07) is 7.01. The average Bonchev–Trinajstić information content (AvgIpc) is 2.75. The zero-order valence-corrected chi connectivity index (χ0v) is 10.3. The molecule has 1 aliphatic rings. The Morgan fingerprint density at radius 2 is 2.22 bits per heavy atom. The van der Waals surface area contributed by atoms with E-state index in [0.29, 0.717) is 13.0 Å². The van der Waals surface area contributed by atoms with Crippen molar-refractivity contribution in [3.63, 3.8) is 0 Å². The number of aliphatic hydroxyl groups is 1. The molecule has 1 fully saturated rings. The lowest BCUT2D eigenvalue weighted by Crippen LogP contribution is -2.35. The molecule has 4 heteroatoms. The van der Waals surface area contributed by atoms with Gasteiger partial charge in [0.2, 0.25) is 5.91 Å². The van der Waals surface area contributed by atoms with Gasteiger partial charge in [-0.25, -0.2) is 0 Å². The summed E-state index contributed by atoms with van der Waals surface area (Å²) in [7, 11) is 0. The van der Waals surface area contributed by atoms with Gasteiger partial charge in [-0.2, -0.15) is 0 Å². The number of carbonyl (C=O) groups excluding carboxylic acids is 1. The lowest BCUT2D eigenvalue weighted by atomic mass is 10.1. The van der Waals surface area contributed by atoms with E-state index in [1.54, 1.807) is 18.2 Å². The number of amides is 1. The molecule has 0 aliphatic heterocycles. The first-order valence-electron chi connectivity index (χ1n) is 6.40. The van der Waals surface area contributed by atoms with Crippen LogP contribution in [0.1, 0.15) is 24.8 Å². The van der Waals surface area contributed by atoms with Crippen LogP contribution in [0.4, 0.5) is 0 Å². The van der Waals surface area contributed by atoms with E-state index in [4.69, 9.17) is 0 Å². The van der Waals surface area contributed by atoms with Crippen LogP contribution in [-0.4, -0.2) is 28.8 Å². The van der Waals surface area contributed by atoms with E-state index < -0.39 is 6.10 Å². The third kappa shape index (κ3) is 3.23. The number of aliphatic hydroxyl groups excluding tert-OH is 1. The molecule has 1 aromatic rings. The Hall–Kier alpha value is -1.55. The summed E-state index contributed by atoms with van der Waals surface area (Å²) in [5, 5.41) is 21.8. The van der Waals surface area contributed by atoms with Crippen molar-refractivity contribution in [3.05, 3.63) is 29.8 Å². The van der Waals surface area contributed by atoms with E-state index >= 15 is 0 Å². The number of carbonyl (C=O) groups is 1. The van der Waals surface area contributed by atoms with Crippen molar-refractivity contribution in [3.8, 4) is 5.75 Å². The lowest BCUT2D eigenvalue weighted by molar-refractivity contribution is -0.127. The van der Waals surface area contributed by atoms with E-state index in [9.17, 15) is 15.0 Å². The second-order valence-corrected chi connectivity index (χ2v) is 4.82. The molecule has 0 saturated heterocycles. The molecule has 2 unspecified atom stereocenters. The molecule has 0 bridgehead atoms. The van der Waals surface area contributed by atoms with Gasteiger partial charge in [0.05, 0.1) is 12.0 Å². The van der Waals surface area contributed by atoms with Gasteiger partial charge in [-0.1, -0.05) is 12.1 Å². The fraction of sp³-hybridized carbons (Fsp3) is 0.500. The Bertz CT molecular complexity index is 419. The van der Waals surface area contributed by atoms with Crippen molar-refractivity contribution in [2.24, 2.45) is 5.92 Å². The molecule has 1 saturated carbocycles. The van der Waals surface area contributed by atoms with Crippen LogP contribution in [0, 0.1) is 5.92 Å². The molecule has 18 heavy (non-hydrogen) atoms. The Morgan fingerprint density at radius 3 is 2.89 bits per heavy atom. The molecular formula is C14H19NO3. The number of hydrogen-bond acceptors (Lipinski definition) is 3. The molecule has 1 aliphatic carbocycles. The van der Waals surface area contributed by atoms with Crippen molar-refractivity contribution >= 4 is 5.91 Å². The predicted molar refractivity (Wildman–Crippen MR) is 68.2 cm³/mol. The van der Waals surface area contributed by atoms with Crippen molar-refractivity contribution in [1.82, 2.24) is 5.32 Å². The van der Waals surface area contributed by atoms with E-state index in [1.807, 2.05) is 6.07 Å². The summed E-state index contributed by atoms with van der Waals surface area (Å²) in [6.45, 7) is 0.533. The molecule has 4 nitrogen and oxygen atoms in total. The Kier molecular flexibility index (Phi) is 4.20. The Labute approximate surface area is 107 Å². The number of phenolic OH excluding ortho intramolecular Hbond substituents is 1. The van der Waals surface area contributed by atoms with E-state index in [-0.39, 0.29) is 17.6 Å². The zero-order valence-electron chi connectivity index (χ0n) is 10.3. The first-order chi connectivity index (χ1) is 8.66. The molecular weight excluding hydrogens is 230 g/mol. The van der Waals surface area contributed by atoms with E-state index in [1.165, 1.54) is 0 Å². The highest BCUT2D eigenvalue weighted by Crippen LogP contribution is 2.25. The minimum atomic E-state index is -0.481. The Balaban J connectivity index is 1.77. The smallest absolute Gasteiger partial charge is 0.225 e. The summed E-state index contributed by atoms with van der Waals surface area (Å²) in [5.74, 6) is -0.0561. The highest BCUT2D eigenvalue weighted by Gasteiger charge is 2.30. The molecule has 3 N–H and O–H groups in total. The molecule has 1 aromatic carbocycles. The van der Waals surface area contributed by atoms with E-state index in [0.717, 1.165) is 24.8 Å². The normalized spacial score (nSPS) is 22.9. The minimum absolute atomic E-state index is 0.0554. The molecule has 1 amide bonds. The number of benzene rings is 1. The van der Waals surface area contributed by atoms with Crippen molar-refractivity contribution in [1.29, 1.82) is 0 Å². The third-order valence-corrected chi connectivity index (χ3v) is 3.44. The van der Waals surface area contributed by atoms with Gasteiger partial charge in [-0.05, 0) is 43.4 Å². The fourth-order valence-electron chi connectivity index (χ4n) is 2.42. The van der Waals surface area contributed by atoms with Crippen LogP contribution < -0.4 is 5.32 Å². The van der Waals surface area contributed by atoms with Gasteiger partial charge in [-0.3, -0.25) is 4.79 Å². The van der Waals surface area contributed by atoms with Crippen molar-refractivity contribution < 1.29 is 15.0 Å². The second kappa shape index (κ2) is 5.87. The maximum absolute atomic E-state index is 11.8. The number of hydrogen-bond donors (Lipinski definition) is 3. The lowest BCUT2D eigenvalue weighted by Gasteiger charge is -2.14. The highest BCUT2D eigenvalue weighted by molar-refractivity contribution is 5.79. The largest absolute Gasteiger partial charge is 0.508 e. The van der Waals surface area contributed by atoms with Gasteiger partial charge >= 0.3 is 0 Å². The van der Waals surface area contributed by atoms with Crippen LogP contribution in [0.3, 0.4) is 0 Å². The zero-order chi connectivity index (χ0) is 13.0. The maximum atomic E-state index is 11.8. The monoisotopic (exact) mass is 249 g/mol. The van der Waals surface area contributed by atoms with Crippen molar-refractivity contribution in [2.75, 3.05) is 6.54 Å². The van der Waals surface area contributed by atoms with E-state index in [2.05, 4.69) is 5.32 Å². The average molecular weight is 249 g/mol. The summed E-state index contributed by atoms with van der Waals surface area (Å²) in [5.41, 5.74) is 0.988. The third-order valence-electron chi connectivity index (χ3n) is 3.44. The van der Waals surface area contributed by atoms with Crippen LogP contribution in [0.15, 0.2) is 24.3 Å². The van der Waals surface area contributed by atoms with Crippen LogP contribution in [0.25, 0.3) is 0 Å². The first-order valence-corrected chi connectivity index (χ1v) is 6.40. The van der Waals surface area contributed by atoms with Gasteiger partial charge in [0.15, 0.2) is 0 Å². The summed E-state index contributed by atoms with van der Waals surface area (Å²) >= 11 is 0. The quantitative estimate of drug-likeness (QED) is 0.751. The van der Waals surface area contributed by atoms with Gasteiger partial charge in [-0.15, -0.1) is 0 Å². The number of phenols is 1. The van der Waals surface area contributed by atoms with Crippen molar-refractivity contribution in [2.45, 2.75) is 31.8 Å². The summed E-state index contributed by atoms with van der Waals surface area (Å²) in [4.78, 5) is 11.8. The Morgan fingerprint density at radius 1 is 1.39 bits per heavy atom. The SMILES string of the molecule is O=C(NCCc1cccc(O)c1)C1CCCC1O. The molecule has 0 aromatic heterocycles. The highest BCUT2D eigenvalue weighted by atomic mass is 16.3. The van der Waals surface area contributed by atoms with Crippen LogP contribution in [0.2, 0.25) is 0 Å². The minimum Gasteiger partial charge on any atom is -0.508 e. The van der Waals surface area contributed by atoms with Crippen LogP contribution in [-0.2, 0) is 11.2 Å². The molecule has 0 spiro atoms. The standard InChI is InChI=1S/C14H19NO3/c16-11-4-1-3-10(9-11)7-8-15-14(18)12-5-2-6-13(12)17/h1,3-4,9,12-13,16-17H,2,5-8H2,(H,15,18). The van der Waals surface area contributed by atoms with Crippen LogP contribution in [0.5, 0.6) is 5.75 Å². The van der Waals surface area contributed by atoms with Gasteiger partial charge in [0, 0.05) is 6.54 Å². The molecule has 0 radical (unpaired) electrons. The molecule has 0 heterocycles. The topological polar surface area (TPSA) is 69.6 Å². The number of rotatable bonds is 4.